The third-order valence-corrected chi connectivity index (χ3v) is 2.46. The molecular weight excluding hydrogens is 176 g/mol. The van der Waals surface area contributed by atoms with Crippen LogP contribution in [0, 0.1) is 0 Å². The lowest BCUT2D eigenvalue weighted by molar-refractivity contribution is 0.562. The fraction of sp³-hybridized carbons (Fsp3) is 1.00. The van der Waals surface area contributed by atoms with E-state index in [1.54, 1.807) is 0 Å². The summed E-state index contributed by atoms with van der Waals surface area (Å²) in [5.41, 5.74) is 0. The van der Waals surface area contributed by atoms with Crippen molar-refractivity contribution < 1.29 is 0 Å². The van der Waals surface area contributed by atoms with E-state index < -0.39 is 0 Å². The molecule has 0 heterocycles. The van der Waals surface area contributed by atoms with Crippen molar-refractivity contribution in [3.63, 3.8) is 0 Å². The predicted octanol–water partition coefficient (Wildman–Crippen LogP) is 5.04. The van der Waals surface area contributed by atoms with Crippen LogP contribution in [-0.2, 0) is 0 Å². The number of hydrogen-bond acceptors (Lipinski definition) is 0. The largest absolute Gasteiger partial charge is 0.197 e. The van der Waals surface area contributed by atoms with E-state index in [9.17, 15) is 0 Å². The number of hydrogen-bond donors (Lipinski definition) is 0. The van der Waals surface area contributed by atoms with Gasteiger partial charge in [0.2, 0.25) is 0 Å². The quantitative estimate of drug-likeness (QED) is 0.462. The summed E-state index contributed by atoms with van der Waals surface area (Å²) in [6, 6.07) is 0. The molecule has 0 saturated heterocycles. The van der Waals surface area contributed by atoms with Gasteiger partial charge < -0.3 is 0 Å². The van der Waals surface area contributed by atoms with E-state index in [-0.39, 0.29) is 13.5 Å². The first kappa shape index (κ1) is 15.8. The van der Waals surface area contributed by atoms with Crippen molar-refractivity contribution in [3.05, 3.63) is 0 Å². The molecule has 0 nitrogen and oxygen atoms in total. The fourth-order valence-electron chi connectivity index (χ4n) is 1.56. The van der Waals surface area contributed by atoms with Gasteiger partial charge in [0, 0.05) is 0 Å². The van der Waals surface area contributed by atoms with Crippen molar-refractivity contribution in [2.75, 3.05) is 0 Å². The Morgan fingerprint density at radius 1 is 0.462 bits per heavy atom. The summed E-state index contributed by atoms with van der Waals surface area (Å²) in [5, 5.41) is 0. The fourth-order valence-corrected chi connectivity index (χ4v) is 1.56. The molecule has 0 bridgehead atoms. The van der Waals surface area contributed by atoms with E-state index in [1.807, 2.05) is 0 Å². The summed E-state index contributed by atoms with van der Waals surface area (Å²) in [5.74, 6) is 0. The minimum absolute atomic E-state index is 0. The molecule has 0 atom stereocenters. The Morgan fingerprint density at radius 3 is 0.923 bits per heavy atom. The predicted molar refractivity (Wildman–Crippen MR) is 67.9 cm³/mol. The summed E-state index contributed by atoms with van der Waals surface area (Å²) in [4.78, 5) is 0. The van der Waals surface area contributed by atoms with Gasteiger partial charge in [-0.15, -0.1) is 0 Å². The van der Waals surface area contributed by atoms with E-state index in [4.69, 9.17) is 0 Å². The molecule has 0 aromatic heterocycles. The third kappa shape index (κ3) is 15.1. The lowest BCUT2D eigenvalue weighted by atomic mass is 10.1. The molecule has 0 radical (unpaired) electrons. The van der Waals surface area contributed by atoms with Crippen LogP contribution < -0.4 is 0 Å². The van der Waals surface area contributed by atoms with Crippen LogP contribution in [0.2, 0.25) is 0 Å². The topological polar surface area (TPSA) is 0 Å². The summed E-state index contributed by atoms with van der Waals surface area (Å²) in [6.07, 6.45) is 14.4. The molecule has 0 fully saturated rings. The second kappa shape index (κ2) is 14.9. The average Bonchev–Trinajstić information content (AvgIpc) is 2.10. The molecule has 0 aliphatic heterocycles. The molecule has 0 saturated carbocycles. The zero-order valence-electron chi connectivity index (χ0n) is 9.57. The van der Waals surface area contributed by atoms with Gasteiger partial charge in [0.1, 0.15) is 0 Å². The lowest BCUT2D eigenvalue weighted by Gasteiger charge is -1.99. The molecule has 13 heavy (non-hydrogen) atoms. The maximum absolute atomic E-state index is 2.28. The third-order valence-electron chi connectivity index (χ3n) is 2.46. The van der Waals surface area contributed by atoms with Gasteiger partial charge in [-0.05, 0) is 0 Å². The number of unbranched alkanes of at least 4 members (excludes halogenated alkanes) is 9. The summed E-state index contributed by atoms with van der Waals surface area (Å²) < 4.78 is 0. The molecule has 1 heteroatoms. The standard InChI is InChI=1S/C12H26.H2S/c1-3-5-7-9-11-12-10-8-6-4-2;/h3-12H2,1-2H3;1H2. The molecule has 0 N–H and O–H groups in total. The van der Waals surface area contributed by atoms with Crippen LogP contribution in [0.15, 0.2) is 0 Å². The van der Waals surface area contributed by atoms with Gasteiger partial charge in [-0.1, -0.05) is 78.1 Å². The van der Waals surface area contributed by atoms with E-state index in [1.165, 1.54) is 64.2 Å². The second-order valence-corrected chi connectivity index (χ2v) is 3.83. The molecule has 82 valence electrons. The second-order valence-electron chi connectivity index (χ2n) is 3.83. The van der Waals surface area contributed by atoms with Crippen LogP contribution in [0.1, 0.15) is 78.1 Å². The van der Waals surface area contributed by atoms with Crippen molar-refractivity contribution in [1.82, 2.24) is 0 Å². The molecule has 0 amide bonds. The van der Waals surface area contributed by atoms with Gasteiger partial charge in [0.25, 0.3) is 0 Å². The van der Waals surface area contributed by atoms with E-state index >= 15 is 0 Å². The van der Waals surface area contributed by atoms with E-state index in [0.717, 1.165) is 0 Å². The lowest BCUT2D eigenvalue weighted by Crippen LogP contribution is -1.80. The smallest absolute Gasteiger partial charge is 0.0533 e. The first-order chi connectivity index (χ1) is 5.91. The summed E-state index contributed by atoms with van der Waals surface area (Å²) in [7, 11) is 0. The van der Waals surface area contributed by atoms with Gasteiger partial charge in [-0.2, -0.15) is 13.5 Å². The maximum Gasteiger partial charge on any atom is -0.0533 e. The van der Waals surface area contributed by atoms with Gasteiger partial charge in [0.05, 0.1) is 0 Å². The Balaban J connectivity index is 0. The highest BCUT2D eigenvalue weighted by Crippen LogP contribution is 2.09. The van der Waals surface area contributed by atoms with Crippen molar-refractivity contribution >= 4 is 13.5 Å². The van der Waals surface area contributed by atoms with Crippen LogP contribution in [0.5, 0.6) is 0 Å². The van der Waals surface area contributed by atoms with Crippen LogP contribution >= 0.6 is 13.5 Å². The zero-order chi connectivity index (χ0) is 9.07. The van der Waals surface area contributed by atoms with E-state index in [2.05, 4.69) is 13.8 Å². The first-order valence-corrected chi connectivity index (χ1v) is 5.91. The Labute approximate surface area is 91.9 Å². The summed E-state index contributed by atoms with van der Waals surface area (Å²) in [6.45, 7) is 4.56. The number of rotatable bonds is 9. The Morgan fingerprint density at radius 2 is 0.692 bits per heavy atom. The molecule has 0 rings (SSSR count). The van der Waals surface area contributed by atoms with Crippen LogP contribution in [0.3, 0.4) is 0 Å². The van der Waals surface area contributed by atoms with Crippen molar-refractivity contribution in [3.8, 4) is 0 Å². The van der Waals surface area contributed by atoms with Crippen molar-refractivity contribution in [1.29, 1.82) is 0 Å². The zero-order valence-corrected chi connectivity index (χ0v) is 10.6. The highest BCUT2D eigenvalue weighted by molar-refractivity contribution is 7.59. The highest BCUT2D eigenvalue weighted by Gasteiger charge is 1.90. The van der Waals surface area contributed by atoms with Crippen LogP contribution in [0.4, 0.5) is 0 Å². The normalized spacial score (nSPS) is 9.69. The minimum atomic E-state index is 0. The molecule has 0 aromatic rings. The van der Waals surface area contributed by atoms with Crippen molar-refractivity contribution in [2.45, 2.75) is 78.1 Å². The van der Waals surface area contributed by atoms with E-state index in [0.29, 0.717) is 0 Å². The first-order valence-electron chi connectivity index (χ1n) is 5.91. The molecule has 0 aliphatic carbocycles. The molecule has 0 unspecified atom stereocenters. The van der Waals surface area contributed by atoms with Crippen LogP contribution in [-0.4, -0.2) is 0 Å². The molecular formula is C12H28S. The SMILES string of the molecule is CCCCCCCCCCCC.S. The Hall–Kier alpha value is 0.350. The van der Waals surface area contributed by atoms with Crippen LogP contribution in [0.25, 0.3) is 0 Å². The van der Waals surface area contributed by atoms with Gasteiger partial charge in [-0.3, -0.25) is 0 Å². The highest BCUT2D eigenvalue weighted by atomic mass is 32.1. The summed E-state index contributed by atoms with van der Waals surface area (Å²) >= 11 is 0. The minimum Gasteiger partial charge on any atom is -0.197 e. The molecule has 0 aliphatic rings. The molecule has 0 spiro atoms. The average molecular weight is 204 g/mol. The van der Waals surface area contributed by atoms with Gasteiger partial charge >= 0.3 is 0 Å². The molecule has 0 aromatic carbocycles. The van der Waals surface area contributed by atoms with Gasteiger partial charge in [0.15, 0.2) is 0 Å². The monoisotopic (exact) mass is 204 g/mol. The Kier molecular flexibility index (Phi) is 18.1. The maximum atomic E-state index is 2.28. The van der Waals surface area contributed by atoms with Crippen molar-refractivity contribution in [2.24, 2.45) is 0 Å². The van der Waals surface area contributed by atoms with Gasteiger partial charge in [-0.25, -0.2) is 0 Å². The Bertz CT molecular complexity index is 61.5.